The molecule has 1 aliphatic carbocycles. The largest absolute Gasteiger partial charge is 0.481 e. The molecule has 1 atom stereocenters. The van der Waals surface area contributed by atoms with E-state index < -0.39 is 24.0 Å². The molecule has 0 fully saturated rings. The zero-order valence-electron chi connectivity index (χ0n) is 18.8. The van der Waals surface area contributed by atoms with E-state index in [-0.39, 0.29) is 31.2 Å². The SMILES string of the molecule is Cc1sc(CNC(=O)OCC2c3ccccc3-c3ccccc32)nc1C(=O)N[C@@H](C)CC(=O)O. The summed E-state index contributed by atoms with van der Waals surface area (Å²) in [6, 6.07) is 15.7. The van der Waals surface area contributed by atoms with Crippen molar-refractivity contribution >= 4 is 29.3 Å². The second-order valence-electron chi connectivity index (χ2n) is 8.16. The van der Waals surface area contributed by atoms with Gasteiger partial charge in [-0.2, -0.15) is 0 Å². The van der Waals surface area contributed by atoms with Crippen molar-refractivity contribution in [3.63, 3.8) is 0 Å². The zero-order valence-corrected chi connectivity index (χ0v) is 19.6. The summed E-state index contributed by atoms with van der Waals surface area (Å²) in [5, 5.41) is 14.7. The molecule has 2 amide bonds. The fourth-order valence-electron chi connectivity index (χ4n) is 4.14. The Labute approximate surface area is 201 Å². The number of benzene rings is 2. The van der Waals surface area contributed by atoms with Crippen LogP contribution in [0.3, 0.4) is 0 Å². The number of ether oxygens (including phenoxy) is 1. The molecule has 4 rings (SSSR count). The van der Waals surface area contributed by atoms with Crippen LogP contribution >= 0.6 is 11.3 Å². The van der Waals surface area contributed by atoms with E-state index in [0.717, 1.165) is 22.3 Å². The molecule has 176 valence electrons. The Morgan fingerprint density at radius 3 is 2.32 bits per heavy atom. The number of aryl methyl sites for hydroxylation is 1. The number of nitrogens with zero attached hydrogens (tertiary/aromatic N) is 1. The molecule has 0 aliphatic heterocycles. The number of thiazole rings is 1. The standard InChI is InChI=1S/C25H25N3O5S/c1-14(11-22(29)30)27-24(31)23-15(2)34-21(28-23)12-26-25(32)33-13-20-18-9-5-3-7-16(18)17-8-4-6-10-19(17)20/h3-10,14,20H,11-13H2,1-2H3,(H,26,32)(H,27,31)(H,29,30)/t14-/m0/s1. The van der Waals surface area contributed by atoms with Gasteiger partial charge in [-0.15, -0.1) is 11.3 Å². The number of amides is 2. The summed E-state index contributed by atoms with van der Waals surface area (Å²) in [6.07, 6.45) is -0.735. The van der Waals surface area contributed by atoms with Gasteiger partial charge in [0.15, 0.2) is 0 Å². The number of carboxylic acid groups (broad SMARTS) is 1. The van der Waals surface area contributed by atoms with Gasteiger partial charge in [-0.25, -0.2) is 9.78 Å². The molecular weight excluding hydrogens is 454 g/mol. The molecule has 3 aromatic rings. The van der Waals surface area contributed by atoms with Crippen molar-refractivity contribution in [2.75, 3.05) is 6.61 Å². The van der Waals surface area contributed by atoms with Crippen LogP contribution in [0, 0.1) is 6.92 Å². The van der Waals surface area contributed by atoms with Crippen molar-refractivity contribution in [1.82, 2.24) is 15.6 Å². The highest BCUT2D eigenvalue weighted by Crippen LogP contribution is 2.44. The molecule has 0 radical (unpaired) electrons. The molecule has 3 N–H and O–H groups in total. The van der Waals surface area contributed by atoms with Gasteiger partial charge in [-0.1, -0.05) is 48.5 Å². The minimum Gasteiger partial charge on any atom is -0.481 e. The molecule has 0 spiro atoms. The van der Waals surface area contributed by atoms with Gasteiger partial charge in [0.05, 0.1) is 13.0 Å². The van der Waals surface area contributed by atoms with E-state index in [2.05, 4.69) is 39.9 Å². The minimum atomic E-state index is -0.990. The van der Waals surface area contributed by atoms with Crippen molar-refractivity contribution in [3.05, 3.63) is 75.2 Å². The lowest BCUT2D eigenvalue weighted by Gasteiger charge is -2.14. The number of alkyl carbamates (subject to hydrolysis) is 1. The molecule has 9 heteroatoms. The monoisotopic (exact) mass is 479 g/mol. The van der Waals surface area contributed by atoms with Gasteiger partial charge in [0.1, 0.15) is 17.3 Å². The summed E-state index contributed by atoms with van der Waals surface area (Å²) in [6.45, 7) is 3.71. The number of carbonyl (C=O) groups excluding carboxylic acids is 2. The second-order valence-corrected chi connectivity index (χ2v) is 9.45. The van der Waals surface area contributed by atoms with Crippen LogP contribution in [0.15, 0.2) is 48.5 Å². The van der Waals surface area contributed by atoms with E-state index >= 15 is 0 Å². The smallest absolute Gasteiger partial charge is 0.407 e. The van der Waals surface area contributed by atoms with Crippen LogP contribution in [0.4, 0.5) is 4.79 Å². The van der Waals surface area contributed by atoms with Gasteiger partial charge in [0.25, 0.3) is 5.91 Å². The third-order valence-electron chi connectivity index (χ3n) is 5.64. The van der Waals surface area contributed by atoms with Gasteiger partial charge in [0, 0.05) is 16.8 Å². The lowest BCUT2D eigenvalue weighted by molar-refractivity contribution is -0.137. The van der Waals surface area contributed by atoms with Crippen molar-refractivity contribution in [2.24, 2.45) is 0 Å². The summed E-state index contributed by atoms with van der Waals surface area (Å²) < 4.78 is 5.53. The molecule has 0 bridgehead atoms. The molecule has 1 heterocycles. The molecule has 34 heavy (non-hydrogen) atoms. The van der Waals surface area contributed by atoms with E-state index in [9.17, 15) is 14.4 Å². The fraction of sp³-hybridized carbons (Fsp3) is 0.280. The molecule has 1 aromatic heterocycles. The predicted molar refractivity (Wildman–Crippen MR) is 128 cm³/mol. The average molecular weight is 480 g/mol. The van der Waals surface area contributed by atoms with E-state index in [1.54, 1.807) is 13.8 Å². The van der Waals surface area contributed by atoms with Crippen molar-refractivity contribution < 1.29 is 24.2 Å². The van der Waals surface area contributed by atoms with Gasteiger partial charge in [-0.05, 0) is 36.1 Å². The summed E-state index contributed by atoms with van der Waals surface area (Å²) in [5.74, 6) is -1.45. The lowest BCUT2D eigenvalue weighted by atomic mass is 9.98. The molecule has 0 saturated heterocycles. The second kappa shape index (κ2) is 10.0. The average Bonchev–Trinajstić information content (AvgIpc) is 3.33. The van der Waals surface area contributed by atoms with Crippen molar-refractivity contribution in [2.45, 2.75) is 38.8 Å². The number of carboxylic acids is 1. The number of nitrogens with one attached hydrogen (secondary N) is 2. The first-order valence-corrected chi connectivity index (χ1v) is 11.7. The molecule has 1 aliphatic rings. The Kier molecular flexibility index (Phi) is 6.93. The summed E-state index contributed by atoms with van der Waals surface area (Å²) in [4.78, 5) is 40.5. The first kappa shape index (κ1) is 23.4. The van der Waals surface area contributed by atoms with E-state index in [0.29, 0.717) is 9.88 Å². The Bertz CT molecular complexity index is 1190. The number of aromatic nitrogens is 1. The van der Waals surface area contributed by atoms with Gasteiger partial charge < -0.3 is 20.5 Å². The maximum absolute atomic E-state index is 12.4. The fourth-order valence-corrected chi connectivity index (χ4v) is 5.01. The first-order chi connectivity index (χ1) is 16.3. The number of carbonyl (C=O) groups is 3. The summed E-state index contributed by atoms with van der Waals surface area (Å²) >= 11 is 1.29. The minimum absolute atomic E-state index is 0.0247. The number of hydrogen-bond donors (Lipinski definition) is 3. The molecular formula is C25H25N3O5S. The van der Waals surface area contributed by atoms with E-state index in [4.69, 9.17) is 9.84 Å². The van der Waals surface area contributed by atoms with Crippen LogP contribution < -0.4 is 10.6 Å². The maximum atomic E-state index is 12.4. The third-order valence-corrected chi connectivity index (χ3v) is 6.61. The Morgan fingerprint density at radius 2 is 1.71 bits per heavy atom. The van der Waals surface area contributed by atoms with Crippen molar-refractivity contribution in [1.29, 1.82) is 0 Å². The third kappa shape index (κ3) is 5.09. The van der Waals surface area contributed by atoms with Crippen LogP contribution in [0.1, 0.15) is 50.8 Å². The molecule has 2 aromatic carbocycles. The van der Waals surface area contributed by atoms with Crippen LogP contribution in [0.25, 0.3) is 11.1 Å². The van der Waals surface area contributed by atoms with E-state index in [1.165, 1.54) is 11.3 Å². The zero-order chi connectivity index (χ0) is 24.2. The molecule has 0 unspecified atom stereocenters. The Morgan fingerprint density at radius 1 is 1.09 bits per heavy atom. The van der Waals surface area contributed by atoms with Crippen LogP contribution in [-0.2, 0) is 16.1 Å². The highest BCUT2D eigenvalue weighted by Gasteiger charge is 2.29. The highest BCUT2D eigenvalue weighted by molar-refractivity contribution is 7.11. The maximum Gasteiger partial charge on any atom is 0.407 e. The highest BCUT2D eigenvalue weighted by atomic mass is 32.1. The molecule has 8 nitrogen and oxygen atoms in total. The summed E-state index contributed by atoms with van der Waals surface area (Å²) in [5.41, 5.74) is 4.83. The number of fused-ring (bicyclic) bond motifs is 3. The van der Waals surface area contributed by atoms with Gasteiger partial charge in [-0.3, -0.25) is 9.59 Å². The Hall–Kier alpha value is -3.72. The molecule has 0 saturated carbocycles. The first-order valence-electron chi connectivity index (χ1n) is 10.9. The quantitative estimate of drug-likeness (QED) is 0.448. The lowest BCUT2D eigenvalue weighted by Crippen LogP contribution is -2.34. The normalized spacial score (nSPS) is 13.0. The number of rotatable bonds is 8. The van der Waals surface area contributed by atoms with Gasteiger partial charge in [0.2, 0.25) is 0 Å². The topological polar surface area (TPSA) is 118 Å². The van der Waals surface area contributed by atoms with E-state index in [1.807, 2.05) is 24.3 Å². The number of aliphatic carboxylic acids is 1. The summed E-state index contributed by atoms with van der Waals surface area (Å²) in [7, 11) is 0. The predicted octanol–water partition coefficient (Wildman–Crippen LogP) is 4.08. The van der Waals surface area contributed by atoms with Crippen LogP contribution in [0.5, 0.6) is 0 Å². The van der Waals surface area contributed by atoms with Crippen LogP contribution in [0.2, 0.25) is 0 Å². The van der Waals surface area contributed by atoms with Crippen LogP contribution in [-0.4, -0.2) is 40.7 Å². The van der Waals surface area contributed by atoms with Gasteiger partial charge >= 0.3 is 12.1 Å². The number of hydrogen-bond acceptors (Lipinski definition) is 6. The van der Waals surface area contributed by atoms with Crippen molar-refractivity contribution in [3.8, 4) is 11.1 Å². The Balaban J connectivity index is 1.33.